The van der Waals surface area contributed by atoms with E-state index in [1.165, 1.54) is 26.0 Å². The minimum Gasteiger partial charge on any atom is -0.493 e. The van der Waals surface area contributed by atoms with Gasteiger partial charge in [0.05, 0.1) is 11.7 Å². The number of carbonyl (C=O) groups is 1. The van der Waals surface area contributed by atoms with Crippen molar-refractivity contribution in [2.45, 2.75) is 23.8 Å². The molecule has 0 aromatic heterocycles. The number of nitrogens with zero attached hydrogens (tertiary/aromatic N) is 1. The molecule has 2 aromatic rings. The second-order valence-corrected chi connectivity index (χ2v) is 9.80. The van der Waals surface area contributed by atoms with E-state index < -0.39 is 5.82 Å². The summed E-state index contributed by atoms with van der Waals surface area (Å²) in [4.78, 5) is 15.4. The molecule has 2 saturated heterocycles. The van der Waals surface area contributed by atoms with Crippen molar-refractivity contribution in [1.29, 1.82) is 0 Å². The molecule has 0 amide bonds. The number of rotatable bonds is 5. The summed E-state index contributed by atoms with van der Waals surface area (Å²) in [5, 5.41) is 0. The fourth-order valence-corrected chi connectivity index (χ4v) is 6.67. The van der Waals surface area contributed by atoms with Gasteiger partial charge in [-0.2, -0.15) is 0 Å². The van der Waals surface area contributed by atoms with Crippen LogP contribution in [0.5, 0.6) is 5.75 Å². The maximum atomic E-state index is 14.7. The lowest BCUT2D eigenvalue weighted by atomic mass is 10.0. The fraction of sp³-hybridized carbons (Fsp3) is 0.409. The Morgan fingerprint density at radius 1 is 1.04 bits per heavy atom. The highest BCUT2D eigenvalue weighted by Crippen LogP contribution is 2.47. The Bertz CT molecular complexity index is 844. The van der Waals surface area contributed by atoms with Crippen LogP contribution in [-0.2, 0) is 0 Å². The Labute approximate surface area is 174 Å². The number of thioether (sulfide) groups is 2. The van der Waals surface area contributed by atoms with E-state index in [-0.39, 0.29) is 16.1 Å². The number of anilines is 1. The molecule has 0 bridgehead atoms. The first kappa shape index (κ1) is 19.6. The molecule has 0 unspecified atom stereocenters. The molecule has 0 spiro atoms. The molecule has 28 heavy (non-hydrogen) atoms. The third kappa shape index (κ3) is 4.03. The van der Waals surface area contributed by atoms with Gasteiger partial charge in [0, 0.05) is 35.5 Å². The summed E-state index contributed by atoms with van der Waals surface area (Å²) in [6.07, 6.45) is 3.58. The van der Waals surface area contributed by atoms with Crippen molar-refractivity contribution >= 4 is 35.0 Å². The molecule has 0 saturated carbocycles. The van der Waals surface area contributed by atoms with Crippen LogP contribution in [-0.4, -0.2) is 37.5 Å². The highest BCUT2D eigenvalue weighted by molar-refractivity contribution is 8.16. The lowest BCUT2D eigenvalue weighted by Gasteiger charge is -2.23. The molecule has 0 aliphatic carbocycles. The summed E-state index contributed by atoms with van der Waals surface area (Å²) in [5.74, 6) is 1.72. The topological polar surface area (TPSA) is 29.5 Å². The Morgan fingerprint density at radius 3 is 2.36 bits per heavy atom. The van der Waals surface area contributed by atoms with Crippen LogP contribution in [0.2, 0.25) is 0 Å². The largest absolute Gasteiger partial charge is 0.493 e. The third-order valence-corrected chi connectivity index (χ3v) is 8.20. The minimum absolute atomic E-state index is 0.100. The number of carbonyl (C=O) groups excluding carboxylic acids is 1. The summed E-state index contributed by atoms with van der Waals surface area (Å²) in [7, 11) is 1.48. The van der Waals surface area contributed by atoms with Gasteiger partial charge in [-0.05, 0) is 67.2 Å². The number of benzene rings is 2. The minimum atomic E-state index is -0.469. The molecule has 0 atom stereocenters. The van der Waals surface area contributed by atoms with Crippen molar-refractivity contribution < 1.29 is 13.9 Å². The summed E-state index contributed by atoms with van der Waals surface area (Å²) < 4.78 is 20.1. The number of halogens is 1. The summed E-state index contributed by atoms with van der Waals surface area (Å²) >= 11 is 3.57. The number of ketones is 1. The average molecular weight is 418 g/mol. The van der Waals surface area contributed by atoms with Gasteiger partial charge >= 0.3 is 0 Å². The monoisotopic (exact) mass is 417 g/mol. The highest BCUT2D eigenvalue weighted by atomic mass is 32.2. The van der Waals surface area contributed by atoms with E-state index in [0.717, 1.165) is 42.3 Å². The summed E-state index contributed by atoms with van der Waals surface area (Å²) in [5.41, 5.74) is 2.89. The van der Waals surface area contributed by atoms with Crippen molar-refractivity contribution in [1.82, 2.24) is 0 Å². The van der Waals surface area contributed by atoms with Gasteiger partial charge in [0.1, 0.15) is 0 Å². The highest BCUT2D eigenvalue weighted by Gasteiger charge is 2.25. The Balaban J connectivity index is 1.62. The predicted octanol–water partition coefficient (Wildman–Crippen LogP) is 5.53. The van der Waals surface area contributed by atoms with E-state index in [1.54, 1.807) is 23.5 Å². The van der Waals surface area contributed by atoms with E-state index in [0.29, 0.717) is 11.1 Å². The molecule has 0 radical (unpaired) electrons. The van der Waals surface area contributed by atoms with Gasteiger partial charge in [-0.25, -0.2) is 4.39 Å². The molecule has 2 aliphatic rings. The lowest BCUT2D eigenvalue weighted by Crippen LogP contribution is -2.17. The first-order valence-corrected chi connectivity index (χ1v) is 11.8. The van der Waals surface area contributed by atoms with Gasteiger partial charge in [0.25, 0.3) is 0 Å². The number of methoxy groups -OCH3 is 1. The standard InChI is InChI=1S/C22H24FNO2S2/c1-26-21-18(22-27-11-4-12-28-22)13-16(14-19(21)23)20(25)15-5-7-17(8-6-15)24-9-2-3-10-24/h5-8,13-14,22H,2-4,9-12H2,1H3. The zero-order valence-electron chi connectivity index (χ0n) is 15.9. The molecule has 2 heterocycles. The van der Waals surface area contributed by atoms with Gasteiger partial charge < -0.3 is 9.64 Å². The SMILES string of the molecule is COc1c(F)cc(C(=O)c2ccc(N3CCCC3)cc2)cc1C1SCCCS1. The van der Waals surface area contributed by atoms with Gasteiger partial charge in [0.15, 0.2) is 17.3 Å². The van der Waals surface area contributed by atoms with Crippen LogP contribution >= 0.6 is 23.5 Å². The number of ether oxygens (including phenoxy) is 1. The second-order valence-electron chi connectivity index (χ2n) is 7.08. The Kier molecular flexibility index (Phi) is 6.16. The number of hydrogen-bond donors (Lipinski definition) is 0. The molecule has 148 valence electrons. The van der Waals surface area contributed by atoms with Gasteiger partial charge in [0.2, 0.25) is 0 Å². The number of hydrogen-bond acceptors (Lipinski definition) is 5. The van der Waals surface area contributed by atoms with Crippen LogP contribution < -0.4 is 9.64 Å². The molecule has 3 nitrogen and oxygen atoms in total. The normalized spacial score (nSPS) is 17.7. The van der Waals surface area contributed by atoms with E-state index in [4.69, 9.17) is 4.74 Å². The van der Waals surface area contributed by atoms with Crippen LogP contribution in [0.1, 0.15) is 45.3 Å². The molecular formula is C22H24FNO2S2. The average Bonchev–Trinajstić information content (AvgIpc) is 3.28. The second kappa shape index (κ2) is 8.78. The van der Waals surface area contributed by atoms with Crippen LogP contribution in [0, 0.1) is 5.82 Å². The predicted molar refractivity (Wildman–Crippen MR) is 117 cm³/mol. The van der Waals surface area contributed by atoms with Crippen LogP contribution in [0.4, 0.5) is 10.1 Å². The smallest absolute Gasteiger partial charge is 0.193 e. The van der Waals surface area contributed by atoms with E-state index in [1.807, 2.05) is 30.3 Å². The zero-order chi connectivity index (χ0) is 19.5. The molecule has 2 aliphatic heterocycles. The quantitative estimate of drug-likeness (QED) is 0.597. The van der Waals surface area contributed by atoms with Gasteiger partial charge in [-0.1, -0.05) is 0 Å². The Morgan fingerprint density at radius 2 is 1.71 bits per heavy atom. The van der Waals surface area contributed by atoms with Crippen molar-refractivity contribution in [2.24, 2.45) is 0 Å². The molecule has 2 fully saturated rings. The van der Waals surface area contributed by atoms with E-state index in [9.17, 15) is 9.18 Å². The molecular weight excluding hydrogens is 393 g/mol. The van der Waals surface area contributed by atoms with Crippen molar-refractivity contribution in [3.05, 3.63) is 58.9 Å². The molecule has 0 N–H and O–H groups in total. The van der Waals surface area contributed by atoms with E-state index in [2.05, 4.69) is 4.90 Å². The van der Waals surface area contributed by atoms with Crippen molar-refractivity contribution in [3.8, 4) is 5.75 Å². The van der Waals surface area contributed by atoms with Crippen LogP contribution in [0.15, 0.2) is 36.4 Å². The maximum Gasteiger partial charge on any atom is 0.193 e. The van der Waals surface area contributed by atoms with Crippen LogP contribution in [0.3, 0.4) is 0 Å². The summed E-state index contributed by atoms with van der Waals surface area (Å²) in [6.45, 7) is 2.13. The zero-order valence-corrected chi connectivity index (χ0v) is 17.6. The molecule has 4 rings (SSSR count). The summed E-state index contributed by atoms with van der Waals surface area (Å²) in [6, 6.07) is 10.8. The first-order chi connectivity index (χ1) is 13.7. The van der Waals surface area contributed by atoms with Gasteiger partial charge in [-0.3, -0.25) is 4.79 Å². The molecule has 6 heteroatoms. The van der Waals surface area contributed by atoms with E-state index >= 15 is 0 Å². The third-order valence-electron chi connectivity index (χ3n) is 5.22. The van der Waals surface area contributed by atoms with Gasteiger partial charge in [-0.15, -0.1) is 23.5 Å². The van der Waals surface area contributed by atoms with Crippen LogP contribution in [0.25, 0.3) is 0 Å². The fourth-order valence-electron chi connectivity index (χ4n) is 3.77. The van der Waals surface area contributed by atoms with Crippen molar-refractivity contribution in [2.75, 3.05) is 36.6 Å². The Hall–Kier alpha value is -1.66. The maximum absolute atomic E-state index is 14.7. The molecule has 2 aromatic carbocycles. The van der Waals surface area contributed by atoms with Crippen molar-refractivity contribution in [3.63, 3.8) is 0 Å². The first-order valence-electron chi connectivity index (χ1n) is 9.68. The lowest BCUT2D eigenvalue weighted by molar-refractivity contribution is 0.103.